The second-order valence-electron chi connectivity index (χ2n) is 3.85. The lowest BCUT2D eigenvalue weighted by Crippen LogP contribution is -2.41. The van der Waals surface area contributed by atoms with Gasteiger partial charge < -0.3 is 5.11 Å². The molecule has 0 saturated heterocycles. The topological polar surface area (TPSA) is 83.5 Å². The molecule has 19 heavy (non-hydrogen) atoms. The lowest BCUT2D eigenvalue weighted by atomic mass is 10.2. The minimum Gasteiger partial charge on any atom is -0.480 e. The normalized spacial score (nSPS) is 13.2. The van der Waals surface area contributed by atoms with E-state index in [1.165, 1.54) is 0 Å². The van der Waals surface area contributed by atoms with Gasteiger partial charge in [-0.3, -0.25) is 4.79 Å². The molecule has 1 aromatic carbocycles. The molecule has 0 radical (unpaired) electrons. The second kappa shape index (κ2) is 6.07. The Morgan fingerprint density at radius 1 is 1.37 bits per heavy atom. The SMILES string of the molecule is CCCC(NS(=O)(=O)c1c(F)cccc1F)C(=O)O. The van der Waals surface area contributed by atoms with Crippen LogP contribution in [0.5, 0.6) is 0 Å². The molecule has 0 saturated carbocycles. The van der Waals surface area contributed by atoms with Crippen molar-refractivity contribution in [3.63, 3.8) is 0 Å². The van der Waals surface area contributed by atoms with E-state index >= 15 is 0 Å². The van der Waals surface area contributed by atoms with E-state index in [4.69, 9.17) is 5.11 Å². The van der Waals surface area contributed by atoms with Crippen LogP contribution in [-0.2, 0) is 14.8 Å². The highest BCUT2D eigenvalue weighted by Crippen LogP contribution is 2.18. The van der Waals surface area contributed by atoms with Crippen LogP contribution in [0.1, 0.15) is 19.8 Å². The predicted octanol–water partition coefficient (Wildman–Crippen LogP) is 1.50. The van der Waals surface area contributed by atoms with Crippen LogP contribution in [0.4, 0.5) is 8.78 Å². The van der Waals surface area contributed by atoms with Crippen LogP contribution in [0, 0.1) is 11.6 Å². The van der Waals surface area contributed by atoms with E-state index in [1.54, 1.807) is 11.6 Å². The fraction of sp³-hybridized carbons (Fsp3) is 0.364. The number of rotatable bonds is 6. The minimum atomic E-state index is -4.57. The number of aliphatic carboxylic acids is 1. The van der Waals surface area contributed by atoms with Gasteiger partial charge in [-0.15, -0.1) is 0 Å². The van der Waals surface area contributed by atoms with Crippen molar-refractivity contribution in [1.82, 2.24) is 4.72 Å². The summed E-state index contributed by atoms with van der Waals surface area (Å²) in [5.41, 5.74) is 0. The van der Waals surface area contributed by atoms with Gasteiger partial charge in [-0.2, -0.15) is 4.72 Å². The van der Waals surface area contributed by atoms with Crippen LogP contribution in [0.2, 0.25) is 0 Å². The first-order chi connectivity index (χ1) is 8.79. The zero-order chi connectivity index (χ0) is 14.6. The Morgan fingerprint density at radius 3 is 2.32 bits per heavy atom. The summed E-state index contributed by atoms with van der Waals surface area (Å²) in [6.45, 7) is 1.66. The van der Waals surface area contributed by atoms with Crippen LogP contribution in [-0.4, -0.2) is 25.5 Å². The smallest absolute Gasteiger partial charge is 0.321 e. The highest BCUT2D eigenvalue weighted by atomic mass is 32.2. The molecule has 106 valence electrons. The Morgan fingerprint density at radius 2 is 1.89 bits per heavy atom. The van der Waals surface area contributed by atoms with E-state index in [0.717, 1.165) is 18.2 Å². The summed E-state index contributed by atoms with van der Waals surface area (Å²) in [5, 5.41) is 8.84. The van der Waals surface area contributed by atoms with Crippen molar-refractivity contribution in [1.29, 1.82) is 0 Å². The Kier molecular flexibility index (Phi) is 4.96. The molecule has 8 heteroatoms. The third-order valence-corrected chi connectivity index (χ3v) is 3.88. The fourth-order valence-electron chi connectivity index (χ4n) is 1.51. The van der Waals surface area contributed by atoms with Crippen molar-refractivity contribution in [2.75, 3.05) is 0 Å². The molecule has 0 fully saturated rings. The van der Waals surface area contributed by atoms with Crippen LogP contribution in [0.3, 0.4) is 0 Å². The van der Waals surface area contributed by atoms with Gasteiger partial charge in [-0.05, 0) is 18.6 Å². The third-order valence-electron chi connectivity index (χ3n) is 2.36. The number of benzene rings is 1. The molecule has 1 unspecified atom stereocenters. The zero-order valence-electron chi connectivity index (χ0n) is 10.1. The van der Waals surface area contributed by atoms with Gasteiger partial charge in [0.25, 0.3) is 0 Å². The Labute approximate surface area is 109 Å². The lowest BCUT2D eigenvalue weighted by Gasteiger charge is -2.14. The van der Waals surface area contributed by atoms with E-state index < -0.39 is 38.6 Å². The first-order valence-corrected chi connectivity index (χ1v) is 6.97. The quantitative estimate of drug-likeness (QED) is 0.832. The second-order valence-corrected chi connectivity index (χ2v) is 5.50. The molecule has 0 heterocycles. The van der Waals surface area contributed by atoms with Gasteiger partial charge >= 0.3 is 5.97 Å². The number of hydrogen-bond acceptors (Lipinski definition) is 3. The average molecular weight is 293 g/mol. The molecule has 0 aliphatic carbocycles. The van der Waals surface area contributed by atoms with Crippen LogP contribution < -0.4 is 4.72 Å². The summed E-state index contributed by atoms with van der Waals surface area (Å²) < 4.78 is 52.2. The lowest BCUT2D eigenvalue weighted by molar-refractivity contribution is -0.139. The number of halogens is 2. The van der Waals surface area contributed by atoms with Crippen molar-refractivity contribution in [3.05, 3.63) is 29.8 Å². The largest absolute Gasteiger partial charge is 0.480 e. The van der Waals surface area contributed by atoms with Crippen LogP contribution in [0.25, 0.3) is 0 Å². The van der Waals surface area contributed by atoms with E-state index in [9.17, 15) is 22.0 Å². The highest BCUT2D eigenvalue weighted by Gasteiger charge is 2.29. The van der Waals surface area contributed by atoms with Crippen molar-refractivity contribution in [2.45, 2.75) is 30.7 Å². The molecule has 2 N–H and O–H groups in total. The first kappa shape index (κ1) is 15.5. The van der Waals surface area contributed by atoms with Gasteiger partial charge in [0.2, 0.25) is 10.0 Å². The standard InChI is InChI=1S/C11H13F2NO4S/c1-2-4-9(11(15)16)14-19(17,18)10-7(12)5-3-6-8(10)13/h3,5-6,9,14H,2,4H2,1H3,(H,15,16). The van der Waals surface area contributed by atoms with E-state index in [2.05, 4.69) is 0 Å². The molecule has 5 nitrogen and oxygen atoms in total. The Bertz CT molecular complexity index is 554. The number of sulfonamides is 1. The van der Waals surface area contributed by atoms with Crippen molar-refractivity contribution >= 4 is 16.0 Å². The highest BCUT2D eigenvalue weighted by molar-refractivity contribution is 7.89. The number of carboxylic acid groups (broad SMARTS) is 1. The molecule has 1 aromatic rings. The van der Waals surface area contributed by atoms with E-state index in [-0.39, 0.29) is 6.42 Å². The first-order valence-electron chi connectivity index (χ1n) is 5.48. The summed E-state index contributed by atoms with van der Waals surface area (Å²) in [4.78, 5) is 9.68. The monoisotopic (exact) mass is 293 g/mol. The molecule has 0 aliphatic heterocycles. The number of carboxylic acids is 1. The maximum absolute atomic E-state index is 13.4. The summed E-state index contributed by atoms with van der Waals surface area (Å²) in [7, 11) is -4.57. The number of nitrogens with one attached hydrogen (secondary N) is 1. The molecular weight excluding hydrogens is 280 g/mol. The van der Waals surface area contributed by atoms with Crippen molar-refractivity contribution < 1.29 is 27.1 Å². The fourth-order valence-corrected chi connectivity index (χ4v) is 2.87. The maximum Gasteiger partial charge on any atom is 0.321 e. The van der Waals surface area contributed by atoms with Gasteiger partial charge in [-0.25, -0.2) is 17.2 Å². The molecule has 0 spiro atoms. The zero-order valence-corrected chi connectivity index (χ0v) is 10.9. The molecule has 0 amide bonds. The predicted molar refractivity (Wildman–Crippen MR) is 63.0 cm³/mol. The molecule has 1 atom stereocenters. The Hall–Kier alpha value is -1.54. The number of hydrogen-bond donors (Lipinski definition) is 2. The molecule has 1 rings (SSSR count). The summed E-state index contributed by atoms with van der Waals surface area (Å²) in [6.07, 6.45) is 0.421. The average Bonchev–Trinajstić information content (AvgIpc) is 2.27. The van der Waals surface area contributed by atoms with Crippen LogP contribution in [0.15, 0.2) is 23.1 Å². The van der Waals surface area contributed by atoms with Crippen molar-refractivity contribution in [2.24, 2.45) is 0 Å². The van der Waals surface area contributed by atoms with Crippen LogP contribution >= 0.6 is 0 Å². The van der Waals surface area contributed by atoms with Gasteiger partial charge in [0, 0.05) is 0 Å². The number of carbonyl (C=O) groups is 1. The van der Waals surface area contributed by atoms with Crippen molar-refractivity contribution in [3.8, 4) is 0 Å². The van der Waals surface area contributed by atoms with Gasteiger partial charge in [0.05, 0.1) is 0 Å². The third kappa shape index (κ3) is 3.71. The summed E-state index contributed by atoms with van der Waals surface area (Å²) in [6, 6.07) is 1.17. The molecule has 0 aromatic heterocycles. The summed E-state index contributed by atoms with van der Waals surface area (Å²) in [5.74, 6) is -3.94. The molecule has 0 aliphatic rings. The Balaban J connectivity index is 3.14. The van der Waals surface area contributed by atoms with E-state index in [0.29, 0.717) is 6.42 Å². The van der Waals surface area contributed by atoms with Gasteiger partial charge in [0.1, 0.15) is 17.7 Å². The summed E-state index contributed by atoms with van der Waals surface area (Å²) >= 11 is 0. The van der Waals surface area contributed by atoms with Gasteiger partial charge in [0.15, 0.2) is 4.90 Å². The minimum absolute atomic E-state index is 0.0185. The molecule has 0 bridgehead atoms. The maximum atomic E-state index is 13.4. The van der Waals surface area contributed by atoms with Gasteiger partial charge in [-0.1, -0.05) is 19.4 Å². The van der Waals surface area contributed by atoms with E-state index in [1.807, 2.05) is 0 Å². The molecular formula is C11H13F2NO4S.